The minimum atomic E-state index is 0.766. The van der Waals surface area contributed by atoms with E-state index in [1.807, 2.05) is 19.0 Å². The van der Waals surface area contributed by atoms with E-state index in [0.717, 1.165) is 27.8 Å². The summed E-state index contributed by atoms with van der Waals surface area (Å²) in [6, 6.07) is 0.766. The fraction of sp³-hybridized carbons (Fsp3) is 0.818. The summed E-state index contributed by atoms with van der Waals surface area (Å²) in [6.45, 7) is 1.08. The van der Waals surface area contributed by atoms with Crippen molar-refractivity contribution in [3.05, 3.63) is 0 Å². The molecule has 4 nitrogen and oxygen atoms in total. The first-order valence-electron chi connectivity index (χ1n) is 6.13. The van der Waals surface area contributed by atoms with Crippen LogP contribution in [-0.4, -0.2) is 42.6 Å². The van der Waals surface area contributed by atoms with Crippen molar-refractivity contribution in [2.24, 2.45) is 0 Å². The van der Waals surface area contributed by atoms with Crippen molar-refractivity contribution in [3.8, 4) is 0 Å². The predicted molar refractivity (Wildman–Crippen MR) is 75.2 cm³/mol. The number of nitrogens with one attached hydrogen (secondary N) is 1. The molecule has 0 saturated heterocycles. The minimum absolute atomic E-state index is 0.766. The van der Waals surface area contributed by atoms with Crippen molar-refractivity contribution in [2.45, 2.75) is 36.1 Å². The van der Waals surface area contributed by atoms with Crippen LogP contribution in [0, 0.1) is 0 Å². The van der Waals surface area contributed by atoms with Crippen LogP contribution in [-0.2, 0) is 0 Å². The van der Waals surface area contributed by atoms with Gasteiger partial charge in [-0.1, -0.05) is 35.9 Å². The molecule has 1 fully saturated rings. The predicted octanol–water partition coefficient (Wildman–Crippen LogP) is 2.23. The van der Waals surface area contributed by atoms with Crippen LogP contribution in [0.1, 0.15) is 25.7 Å². The lowest BCUT2D eigenvalue weighted by Crippen LogP contribution is -2.27. The van der Waals surface area contributed by atoms with Crippen molar-refractivity contribution in [1.29, 1.82) is 0 Å². The van der Waals surface area contributed by atoms with Gasteiger partial charge < -0.3 is 10.2 Å². The second-order valence-electron chi connectivity index (χ2n) is 4.53. The lowest BCUT2D eigenvalue weighted by molar-refractivity contribution is 0.545. The molecule has 1 aromatic rings. The molecule has 1 heterocycles. The number of hydrogen-bond acceptors (Lipinski definition) is 6. The van der Waals surface area contributed by atoms with Gasteiger partial charge in [0.15, 0.2) is 4.34 Å². The molecule has 1 aliphatic carbocycles. The van der Waals surface area contributed by atoms with Gasteiger partial charge in [0.05, 0.1) is 0 Å². The molecule has 0 bridgehead atoms. The third-order valence-electron chi connectivity index (χ3n) is 2.89. The maximum absolute atomic E-state index is 4.17. The number of nitrogens with zero attached hydrogens (tertiary/aromatic N) is 3. The maximum atomic E-state index is 4.17. The van der Waals surface area contributed by atoms with Crippen molar-refractivity contribution in [2.75, 3.05) is 31.3 Å². The van der Waals surface area contributed by atoms with Crippen molar-refractivity contribution in [1.82, 2.24) is 15.5 Å². The quantitative estimate of drug-likeness (QED) is 0.635. The topological polar surface area (TPSA) is 41.1 Å². The number of thioether (sulfide) groups is 1. The van der Waals surface area contributed by atoms with Gasteiger partial charge in [0.25, 0.3) is 0 Å². The van der Waals surface area contributed by atoms with Crippen LogP contribution in [0.5, 0.6) is 0 Å². The molecular weight excluding hydrogens is 252 g/mol. The summed E-state index contributed by atoms with van der Waals surface area (Å²) < 4.78 is 1.07. The number of rotatable bonds is 6. The Labute approximate surface area is 111 Å². The normalized spacial score (nSPS) is 16.6. The third kappa shape index (κ3) is 4.12. The summed E-state index contributed by atoms with van der Waals surface area (Å²) in [5.41, 5.74) is 0. The molecule has 1 saturated carbocycles. The molecule has 1 aromatic heterocycles. The Bertz CT molecular complexity index is 334. The Morgan fingerprint density at radius 3 is 2.76 bits per heavy atom. The van der Waals surface area contributed by atoms with E-state index in [1.165, 1.54) is 25.7 Å². The molecule has 0 atom stereocenters. The average molecular weight is 272 g/mol. The molecule has 0 radical (unpaired) electrons. The number of aromatic nitrogens is 2. The smallest absolute Gasteiger partial charge is 0.208 e. The van der Waals surface area contributed by atoms with Crippen molar-refractivity contribution < 1.29 is 0 Å². The lowest BCUT2D eigenvalue weighted by atomic mass is 10.2. The first-order chi connectivity index (χ1) is 8.25. The highest BCUT2D eigenvalue weighted by Gasteiger charge is 2.13. The molecule has 1 N–H and O–H groups in total. The summed E-state index contributed by atoms with van der Waals surface area (Å²) in [6.07, 6.45) is 5.50. The van der Waals surface area contributed by atoms with Gasteiger partial charge in [0.1, 0.15) is 0 Å². The van der Waals surface area contributed by atoms with E-state index >= 15 is 0 Å². The number of hydrogen-bond donors (Lipinski definition) is 1. The molecule has 96 valence electrons. The fourth-order valence-electron chi connectivity index (χ4n) is 1.97. The summed E-state index contributed by atoms with van der Waals surface area (Å²) in [4.78, 5) is 2.00. The van der Waals surface area contributed by atoms with Gasteiger partial charge in [-0.05, 0) is 12.8 Å². The van der Waals surface area contributed by atoms with Crippen LogP contribution in [0.3, 0.4) is 0 Å². The Balaban J connectivity index is 1.63. The van der Waals surface area contributed by atoms with E-state index in [4.69, 9.17) is 0 Å². The maximum Gasteiger partial charge on any atom is 0.208 e. The second-order valence-corrected chi connectivity index (χ2v) is 6.83. The first kappa shape index (κ1) is 13.1. The van der Waals surface area contributed by atoms with E-state index in [2.05, 4.69) is 15.5 Å². The van der Waals surface area contributed by atoms with E-state index in [9.17, 15) is 0 Å². The van der Waals surface area contributed by atoms with Gasteiger partial charge in [-0.2, -0.15) is 0 Å². The highest BCUT2D eigenvalue weighted by atomic mass is 32.2. The van der Waals surface area contributed by atoms with E-state index in [1.54, 1.807) is 23.1 Å². The van der Waals surface area contributed by atoms with Crippen LogP contribution >= 0.6 is 23.1 Å². The van der Waals surface area contributed by atoms with Crippen molar-refractivity contribution in [3.63, 3.8) is 0 Å². The second kappa shape index (κ2) is 6.56. The highest BCUT2D eigenvalue weighted by molar-refractivity contribution is 8.01. The van der Waals surface area contributed by atoms with Gasteiger partial charge in [-0.15, -0.1) is 10.2 Å². The van der Waals surface area contributed by atoms with Gasteiger partial charge in [-0.25, -0.2) is 0 Å². The molecule has 0 amide bonds. The summed E-state index contributed by atoms with van der Waals surface area (Å²) in [5, 5.41) is 12.9. The molecular formula is C11H20N4S2. The van der Waals surface area contributed by atoms with E-state index < -0.39 is 0 Å². The SMILES string of the molecule is CN(C)c1nnc(SCCNC2CCCC2)s1. The van der Waals surface area contributed by atoms with E-state index in [0.29, 0.717) is 0 Å². The van der Waals surface area contributed by atoms with Crippen molar-refractivity contribution >= 4 is 28.2 Å². The van der Waals surface area contributed by atoms with Crippen LogP contribution in [0.25, 0.3) is 0 Å². The summed E-state index contributed by atoms with van der Waals surface area (Å²) >= 11 is 3.46. The number of anilines is 1. The Morgan fingerprint density at radius 1 is 1.35 bits per heavy atom. The lowest BCUT2D eigenvalue weighted by Gasteiger charge is -2.10. The van der Waals surface area contributed by atoms with Crippen LogP contribution in [0.15, 0.2) is 4.34 Å². The average Bonchev–Trinajstić information content (AvgIpc) is 2.96. The van der Waals surface area contributed by atoms with Crippen LogP contribution < -0.4 is 10.2 Å². The van der Waals surface area contributed by atoms with Gasteiger partial charge in [0, 0.05) is 32.4 Å². The Kier molecular flexibility index (Phi) is 5.06. The zero-order valence-corrected chi connectivity index (χ0v) is 12.1. The first-order valence-corrected chi connectivity index (χ1v) is 7.93. The standard InChI is InChI=1S/C11H20N4S2/c1-15(2)10-13-14-11(17-10)16-8-7-12-9-5-3-4-6-9/h9,12H,3-8H2,1-2H3. The van der Waals surface area contributed by atoms with Gasteiger partial charge >= 0.3 is 0 Å². The third-order valence-corrected chi connectivity index (χ3v) is 5.12. The fourth-order valence-corrected chi connectivity index (χ4v) is 3.68. The molecule has 6 heteroatoms. The van der Waals surface area contributed by atoms with Gasteiger partial charge in [-0.3, -0.25) is 0 Å². The summed E-state index contributed by atoms with van der Waals surface area (Å²) in [7, 11) is 3.99. The highest BCUT2D eigenvalue weighted by Crippen LogP contribution is 2.26. The largest absolute Gasteiger partial charge is 0.353 e. The molecule has 0 unspecified atom stereocenters. The molecule has 0 spiro atoms. The Morgan fingerprint density at radius 2 is 2.12 bits per heavy atom. The molecule has 17 heavy (non-hydrogen) atoms. The van der Waals surface area contributed by atoms with Crippen LogP contribution in [0.4, 0.5) is 5.13 Å². The monoisotopic (exact) mass is 272 g/mol. The Hall–Kier alpha value is -0.330. The zero-order chi connectivity index (χ0) is 12.1. The van der Waals surface area contributed by atoms with Gasteiger partial charge in [0.2, 0.25) is 5.13 Å². The minimum Gasteiger partial charge on any atom is -0.353 e. The summed E-state index contributed by atoms with van der Waals surface area (Å²) in [5.74, 6) is 1.08. The molecule has 0 aliphatic heterocycles. The molecule has 1 aliphatic rings. The molecule has 0 aromatic carbocycles. The zero-order valence-electron chi connectivity index (χ0n) is 10.5. The molecule has 2 rings (SSSR count). The van der Waals surface area contributed by atoms with E-state index in [-0.39, 0.29) is 0 Å². The van der Waals surface area contributed by atoms with Crippen LogP contribution in [0.2, 0.25) is 0 Å².